The summed E-state index contributed by atoms with van der Waals surface area (Å²) in [6.07, 6.45) is 0.905. The Morgan fingerprint density at radius 3 is 2.70 bits per heavy atom. The molecule has 0 spiro atoms. The highest BCUT2D eigenvalue weighted by atomic mass is 35.5. The number of hydrogen-bond donors (Lipinski definition) is 1. The molecule has 0 aliphatic carbocycles. The molecule has 3 rings (SSSR count). The van der Waals surface area contributed by atoms with E-state index in [0.717, 1.165) is 22.9 Å². The SMILES string of the molecule is CCc1ccc2c(c1)cc(O)n2-c1c(F)cccc1Cl. The Morgan fingerprint density at radius 2 is 2.00 bits per heavy atom. The molecule has 20 heavy (non-hydrogen) atoms. The zero-order valence-electron chi connectivity index (χ0n) is 10.9. The molecule has 0 aliphatic heterocycles. The first kappa shape index (κ1) is 13.0. The van der Waals surface area contributed by atoms with Crippen LogP contribution in [0.4, 0.5) is 4.39 Å². The van der Waals surface area contributed by atoms with Gasteiger partial charge in [-0.2, -0.15) is 0 Å². The fraction of sp³-hybridized carbons (Fsp3) is 0.125. The maximum Gasteiger partial charge on any atom is 0.196 e. The maximum atomic E-state index is 14.1. The lowest BCUT2D eigenvalue weighted by Crippen LogP contribution is -1.98. The molecular formula is C16H13ClFNO. The summed E-state index contributed by atoms with van der Waals surface area (Å²) in [7, 11) is 0. The van der Waals surface area contributed by atoms with Crippen LogP contribution in [0.3, 0.4) is 0 Å². The third kappa shape index (κ3) is 1.95. The van der Waals surface area contributed by atoms with Crippen molar-refractivity contribution in [3.8, 4) is 11.6 Å². The average Bonchev–Trinajstić information content (AvgIpc) is 2.74. The molecule has 3 aromatic rings. The molecule has 102 valence electrons. The lowest BCUT2D eigenvalue weighted by molar-refractivity contribution is 0.442. The quantitative estimate of drug-likeness (QED) is 0.727. The predicted molar refractivity (Wildman–Crippen MR) is 79.3 cm³/mol. The minimum Gasteiger partial charge on any atom is -0.494 e. The van der Waals surface area contributed by atoms with Crippen LogP contribution in [0.2, 0.25) is 5.02 Å². The molecule has 0 fully saturated rings. The van der Waals surface area contributed by atoms with E-state index in [2.05, 4.69) is 6.92 Å². The zero-order valence-corrected chi connectivity index (χ0v) is 11.7. The number of aromatic nitrogens is 1. The summed E-state index contributed by atoms with van der Waals surface area (Å²) >= 11 is 6.08. The van der Waals surface area contributed by atoms with Crippen molar-refractivity contribution in [3.05, 3.63) is 58.9 Å². The topological polar surface area (TPSA) is 25.2 Å². The Hall–Kier alpha value is -2.00. The number of fused-ring (bicyclic) bond motifs is 1. The molecule has 4 heteroatoms. The van der Waals surface area contributed by atoms with E-state index in [1.807, 2.05) is 18.2 Å². The summed E-state index contributed by atoms with van der Waals surface area (Å²) in [5.74, 6) is -0.495. The summed E-state index contributed by atoms with van der Waals surface area (Å²) < 4.78 is 15.5. The highest BCUT2D eigenvalue weighted by Gasteiger charge is 2.16. The molecule has 0 radical (unpaired) electrons. The number of para-hydroxylation sites is 1. The summed E-state index contributed by atoms with van der Waals surface area (Å²) in [6, 6.07) is 11.9. The van der Waals surface area contributed by atoms with Crippen molar-refractivity contribution in [1.29, 1.82) is 0 Å². The summed E-state index contributed by atoms with van der Waals surface area (Å²) in [5.41, 5.74) is 2.06. The zero-order chi connectivity index (χ0) is 14.3. The largest absolute Gasteiger partial charge is 0.494 e. The van der Waals surface area contributed by atoms with E-state index in [1.54, 1.807) is 18.2 Å². The summed E-state index contributed by atoms with van der Waals surface area (Å²) in [4.78, 5) is 0. The third-order valence-electron chi connectivity index (χ3n) is 3.42. The van der Waals surface area contributed by atoms with E-state index in [1.165, 1.54) is 10.6 Å². The highest BCUT2D eigenvalue weighted by Crippen LogP contribution is 2.34. The molecular weight excluding hydrogens is 277 g/mol. The van der Waals surface area contributed by atoms with Crippen LogP contribution in [0.25, 0.3) is 16.6 Å². The normalized spacial score (nSPS) is 11.2. The molecule has 0 unspecified atom stereocenters. The number of benzene rings is 2. The van der Waals surface area contributed by atoms with E-state index in [-0.39, 0.29) is 16.6 Å². The van der Waals surface area contributed by atoms with Gasteiger partial charge in [-0.1, -0.05) is 30.7 Å². The standard InChI is InChI=1S/C16H13ClFNO/c1-2-10-6-7-14-11(8-10)9-15(20)19(14)16-12(17)4-3-5-13(16)18/h3-9,20H,2H2,1H3. The Labute approximate surface area is 121 Å². The van der Waals surface area contributed by atoms with Gasteiger partial charge in [0.1, 0.15) is 11.5 Å². The Morgan fingerprint density at radius 1 is 1.20 bits per heavy atom. The fourth-order valence-corrected chi connectivity index (χ4v) is 2.66. The second-order valence-corrected chi connectivity index (χ2v) is 5.06. The van der Waals surface area contributed by atoms with Crippen LogP contribution in [-0.2, 0) is 6.42 Å². The summed E-state index contributed by atoms with van der Waals surface area (Å²) in [5, 5.41) is 11.3. The van der Waals surface area contributed by atoms with Crippen molar-refractivity contribution in [2.24, 2.45) is 0 Å². The van der Waals surface area contributed by atoms with E-state index < -0.39 is 5.82 Å². The van der Waals surface area contributed by atoms with E-state index in [0.29, 0.717) is 0 Å². The third-order valence-corrected chi connectivity index (χ3v) is 3.72. The number of halogens is 2. The van der Waals surface area contributed by atoms with Crippen LogP contribution >= 0.6 is 11.6 Å². The van der Waals surface area contributed by atoms with Gasteiger partial charge >= 0.3 is 0 Å². The van der Waals surface area contributed by atoms with E-state index in [4.69, 9.17) is 11.6 Å². The average molecular weight is 290 g/mol. The second-order valence-electron chi connectivity index (χ2n) is 4.65. The van der Waals surface area contributed by atoms with Crippen LogP contribution in [0.15, 0.2) is 42.5 Å². The Balaban J connectivity index is 2.34. The highest BCUT2D eigenvalue weighted by molar-refractivity contribution is 6.32. The number of aromatic hydroxyl groups is 1. The molecule has 1 N–H and O–H groups in total. The fourth-order valence-electron chi connectivity index (χ4n) is 2.41. The van der Waals surface area contributed by atoms with Gasteiger partial charge in [0.15, 0.2) is 5.88 Å². The minimum absolute atomic E-state index is 0.0275. The molecule has 0 atom stereocenters. The van der Waals surface area contributed by atoms with Gasteiger partial charge in [0.05, 0.1) is 10.5 Å². The molecule has 2 aromatic carbocycles. The van der Waals surface area contributed by atoms with Crippen LogP contribution in [0.5, 0.6) is 5.88 Å². The molecule has 0 bridgehead atoms. The van der Waals surface area contributed by atoms with Crippen molar-refractivity contribution in [2.75, 3.05) is 0 Å². The van der Waals surface area contributed by atoms with Gasteiger partial charge in [0, 0.05) is 11.5 Å². The van der Waals surface area contributed by atoms with E-state index in [9.17, 15) is 9.50 Å². The van der Waals surface area contributed by atoms with Crippen molar-refractivity contribution in [1.82, 2.24) is 4.57 Å². The molecule has 0 saturated carbocycles. The first-order valence-electron chi connectivity index (χ1n) is 6.39. The number of nitrogens with zero attached hydrogens (tertiary/aromatic N) is 1. The van der Waals surface area contributed by atoms with Gasteiger partial charge in [-0.25, -0.2) is 4.39 Å². The molecule has 2 nitrogen and oxygen atoms in total. The first-order valence-corrected chi connectivity index (χ1v) is 6.77. The monoisotopic (exact) mass is 289 g/mol. The molecule has 0 aliphatic rings. The van der Waals surface area contributed by atoms with Crippen molar-refractivity contribution >= 4 is 22.5 Å². The van der Waals surface area contributed by atoms with Crippen LogP contribution in [0, 0.1) is 5.82 Å². The smallest absolute Gasteiger partial charge is 0.196 e. The lowest BCUT2D eigenvalue weighted by atomic mass is 10.1. The van der Waals surface area contributed by atoms with Crippen LogP contribution in [0.1, 0.15) is 12.5 Å². The predicted octanol–water partition coefficient (Wildman–Crippen LogP) is 4.69. The Bertz CT molecular complexity index is 774. The van der Waals surface area contributed by atoms with Gasteiger partial charge in [0.25, 0.3) is 0 Å². The molecule has 0 amide bonds. The van der Waals surface area contributed by atoms with Gasteiger partial charge in [-0.15, -0.1) is 0 Å². The maximum absolute atomic E-state index is 14.1. The Kier molecular flexibility index (Phi) is 3.14. The number of rotatable bonds is 2. The van der Waals surface area contributed by atoms with Crippen molar-refractivity contribution < 1.29 is 9.50 Å². The molecule has 1 heterocycles. The van der Waals surface area contributed by atoms with Crippen molar-refractivity contribution in [3.63, 3.8) is 0 Å². The van der Waals surface area contributed by atoms with Crippen molar-refractivity contribution in [2.45, 2.75) is 13.3 Å². The second kappa shape index (κ2) is 4.84. The molecule has 0 saturated heterocycles. The van der Waals surface area contributed by atoms with Crippen LogP contribution in [-0.4, -0.2) is 9.67 Å². The van der Waals surface area contributed by atoms with E-state index >= 15 is 0 Å². The van der Waals surface area contributed by atoms with Gasteiger partial charge in [0.2, 0.25) is 0 Å². The number of aryl methyl sites for hydroxylation is 1. The minimum atomic E-state index is -0.468. The van der Waals surface area contributed by atoms with Gasteiger partial charge < -0.3 is 5.11 Å². The number of hydrogen-bond acceptors (Lipinski definition) is 1. The summed E-state index contributed by atoms with van der Waals surface area (Å²) in [6.45, 7) is 2.06. The lowest BCUT2D eigenvalue weighted by Gasteiger charge is -2.10. The first-order chi connectivity index (χ1) is 9.61. The van der Waals surface area contributed by atoms with Crippen LogP contribution < -0.4 is 0 Å². The van der Waals surface area contributed by atoms with Gasteiger partial charge in [-0.3, -0.25) is 4.57 Å². The molecule has 1 aromatic heterocycles. The van der Waals surface area contributed by atoms with Gasteiger partial charge in [-0.05, 0) is 36.2 Å².